The van der Waals surface area contributed by atoms with Crippen LogP contribution >= 0.6 is 11.6 Å². The quantitative estimate of drug-likeness (QED) is 0.807. The summed E-state index contributed by atoms with van der Waals surface area (Å²) >= 11 is 5.44. The van der Waals surface area contributed by atoms with Gasteiger partial charge in [-0.1, -0.05) is 12.1 Å². The van der Waals surface area contributed by atoms with Crippen molar-refractivity contribution in [1.29, 1.82) is 5.26 Å². The number of sulfonamides is 1. The van der Waals surface area contributed by atoms with Crippen LogP contribution in [0.1, 0.15) is 12.0 Å². The number of halogens is 1. The molecule has 0 aliphatic rings. The third kappa shape index (κ3) is 5.07. The average Bonchev–Trinajstić information content (AvgIpc) is 2.29. The summed E-state index contributed by atoms with van der Waals surface area (Å²) in [5, 5.41) is 8.50. The van der Waals surface area contributed by atoms with Crippen molar-refractivity contribution in [2.45, 2.75) is 12.8 Å². The van der Waals surface area contributed by atoms with Gasteiger partial charge in [0.2, 0.25) is 10.0 Å². The molecule has 1 aromatic carbocycles. The number of benzene rings is 1. The molecule has 0 heterocycles. The number of hydrogen-bond donors (Lipinski definition) is 1. The standard InChI is InChI=1S/C11H13ClN2O2S/c12-7-1-9-17(15,16)14-11-4-2-10(3-5-11)6-8-13/h2-5,14H,1,6-7,9H2. The summed E-state index contributed by atoms with van der Waals surface area (Å²) < 4.78 is 25.5. The van der Waals surface area contributed by atoms with Crippen LogP contribution in [-0.2, 0) is 16.4 Å². The summed E-state index contributed by atoms with van der Waals surface area (Å²) in [6.07, 6.45) is 0.739. The van der Waals surface area contributed by atoms with Crippen LogP contribution in [-0.4, -0.2) is 20.1 Å². The summed E-state index contributed by atoms with van der Waals surface area (Å²) in [5.41, 5.74) is 1.36. The van der Waals surface area contributed by atoms with E-state index in [1.165, 1.54) is 0 Å². The average molecular weight is 273 g/mol. The predicted molar refractivity (Wildman–Crippen MR) is 68.5 cm³/mol. The van der Waals surface area contributed by atoms with Crippen molar-refractivity contribution in [3.8, 4) is 6.07 Å². The number of rotatable bonds is 6. The van der Waals surface area contributed by atoms with Crippen molar-refractivity contribution >= 4 is 27.3 Å². The first-order valence-electron chi connectivity index (χ1n) is 5.10. The van der Waals surface area contributed by atoms with Gasteiger partial charge in [-0.2, -0.15) is 5.26 Å². The van der Waals surface area contributed by atoms with Crippen LogP contribution in [0, 0.1) is 11.3 Å². The molecule has 0 amide bonds. The molecular weight excluding hydrogens is 260 g/mol. The maximum absolute atomic E-state index is 11.5. The number of hydrogen-bond acceptors (Lipinski definition) is 3. The minimum atomic E-state index is -3.32. The second-order valence-corrected chi connectivity index (χ2v) is 5.72. The van der Waals surface area contributed by atoms with E-state index in [9.17, 15) is 8.42 Å². The molecule has 0 spiro atoms. The zero-order valence-electron chi connectivity index (χ0n) is 9.19. The molecule has 1 aromatic rings. The molecule has 1 N–H and O–H groups in total. The molecule has 0 saturated carbocycles. The molecule has 0 radical (unpaired) electrons. The molecule has 0 atom stereocenters. The molecule has 0 aromatic heterocycles. The van der Waals surface area contributed by atoms with Crippen molar-refractivity contribution in [3.05, 3.63) is 29.8 Å². The van der Waals surface area contributed by atoms with Gasteiger partial charge in [-0.3, -0.25) is 4.72 Å². The highest BCUT2D eigenvalue weighted by Gasteiger charge is 2.09. The fourth-order valence-corrected chi connectivity index (χ4v) is 2.67. The van der Waals surface area contributed by atoms with Gasteiger partial charge >= 0.3 is 0 Å². The van der Waals surface area contributed by atoms with Gasteiger partial charge in [-0.05, 0) is 24.1 Å². The van der Waals surface area contributed by atoms with Crippen LogP contribution in [0.5, 0.6) is 0 Å². The monoisotopic (exact) mass is 272 g/mol. The van der Waals surface area contributed by atoms with Crippen LogP contribution in [0.4, 0.5) is 5.69 Å². The van der Waals surface area contributed by atoms with Crippen LogP contribution in [0.3, 0.4) is 0 Å². The molecule has 17 heavy (non-hydrogen) atoms. The minimum absolute atomic E-state index is 0.0104. The smallest absolute Gasteiger partial charge is 0.232 e. The molecule has 0 bridgehead atoms. The van der Waals surface area contributed by atoms with Crippen molar-refractivity contribution in [3.63, 3.8) is 0 Å². The number of alkyl halides is 1. The first-order chi connectivity index (χ1) is 8.07. The zero-order valence-corrected chi connectivity index (χ0v) is 10.8. The van der Waals surface area contributed by atoms with E-state index in [2.05, 4.69) is 4.72 Å². The first kappa shape index (κ1) is 13.8. The Morgan fingerprint density at radius 2 is 1.94 bits per heavy atom. The topological polar surface area (TPSA) is 70.0 Å². The van der Waals surface area contributed by atoms with Crippen LogP contribution < -0.4 is 4.72 Å². The third-order valence-electron chi connectivity index (χ3n) is 2.06. The second-order valence-electron chi connectivity index (χ2n) is 3.50. The molecule has 0 unspecified atom stereocenters. The van der Waals surface area contributed by atoms with E-state index in [4.69, 9.17) is 16.9 Å². The highest BCUT2D eigenvalue weighted by Crippen LogP contribution is 2.12. The molecule has 6 heteroatoms. The third-order valence-corrected chi connectivity index (χ3v) is 3.70. The molecule has 0 aliphatic carbocycles. The lowest BCUT2D eigenvalue weighted by Gasteiger charge is -2.07. The number of anilines is 1. The second kappa shape index (κ2) is 6.48. The van der Waals surface area contributed by atoms with Crippen molar-refractivity contribution in [2.24, 2.45) is 0 Å². The van der Waals surface area contributed by atoms with Gasteiger partial charge in [-0.15, -0.1) is 11.6 Å². The molecule has 4 nitrogen and oxygen atoms in total. The van der Waals surface area contributed by atoms with Gasteiger partial charge in [0.15, 0.2) is 0 Å². The minimum Gasteiger partial charge on any atom is -0.284 e. The Morgan fingerprint density at radius 3 is 2.47 bits per heavy atom. The molecule has 0 fully saturated rings. The maximum Gasteiger partial charge on any atom is 0.232 e. The fraction of sp³-hybridized carbons (Fsp3) is 0.364. The Morgan fingerprint density at radius 1 is 1.29 bits per heavy atom. The van der Waals surface area contributed by atoms with E-state index < -0.39 is 10.0 Å². The molecule has 0 saturated heterocycles. The lowest BCUT2D eigenvalue weighted by Crippen LogP contribution is -2.16. The van der Waals surface area contributed by atoms with E-state index in [0.29, 0.717) is 24.4 Å². The fourth-order valence-electron chi connectivity index (χ4n) is 1.26. The largest absolute Gasteiger partial charge is 0.284 e. The summed E-state index contributed by atoms with van der Waals surface area (Å²) in [6.45, 7) is 0. The molecule has 0 aliphatic heterocycles. The van der Waals surface area contributed by atoms with Gasteiger partial charge in [0, 0.05) is 11.6 Å². The molecule has 92 valence electrons. The van der Waals surface area contributed by atoms with E-state index in [1.54, 1.807) is 24.3 Å². The summed E-state index contributed by atoms with van der Waals surface area (Å²) in [5.74, 6) is 0.332. The number of nitrogens with one attached hydrogen (secondary N) is 1. The van der Waals surface area contributed by atoms with Crippen LogP contribution in [0.2, 0.25) is 0 Å². The Balaban J connectivity index is 2.66. The Bertz CT molecular complexity index is 491. The molecular formula is C11H13ClN2O2S. The summed E-state index contributed by atoms with van der Waals surface area (Å²) in [7, 11) is -3.32. The van der Waals surface area contributed by atoms with E-state index in [1.807, 2.05) is 6.07 Å². The summed E-state index contributed by atoms with van der Waals surface area (Å²) in [4.78, 5) is 0. The number of nitriles is 1. The van der Waals surface area contributed by atoms with Crippen molar-refractivity contribution in [1.82, 2.24) is 0 Å². The predicted octanol–water partition coefficient (Wildman–Crippen LogP) is 2.12. The Kier molecular flexibility index (Phi) is 5.26. The lowest BCUT2D eigenvalue weighted by atomic mass is 10.1. The van der Waals surface area contributed by atoms with Gasteiger partial charge in [-0.25, -0.2) is 8.42 Å². The zero-order chi connectivity index (χ0) is 12.7. The van der Waals surface area contributed by atoms with Gasteiger partial charge in [0.1, 0.15) is 0 Å². The Hall–Kier alpha value is -1.25. The highest BCUT2D eigenvalue weighted by atomic mass is 35.5. The SMILES string of the molecule is N#CCc1ccc(NS(=O)(=O)CCCCl)cc1. The van der Waals surface area contributed by atoms with Crippen molar-refractivity contribution in [2.75, 3.05) is 16.4 Å². The van der Waals surface area contributed by atoms with Crippen molar-refractivity contribution < 1.29 is 8.42 Å². The maximum atomic E-state index is 11.5. The summed E-state index contributed by atoms with van der Waals surface area (Å²) in [6, 6.07) is 8.76. The normalized spacial score (nSPS) is 10.8. The number of nitrogens with zero attached hydrogens (tertiary/aromatic N) is 1. The Labute approximate surface area is 106 Å². The first-order valence-corrected chi connectivity index (χ1v) is 7.28. The highest BCUT2D eigenvalue weighted by molar-refractivity contribution is 7.92. The molecule has 1 rings (SSSR count). The van der Waals surface area contributed by atoms with Gasteiger partial charge in [0.05, 0.1) is 18.2 Å². The van der Waals surface area contributed by atoms with E-state index in [-0.39, 0.29) is 5.75 Å². The van der Waals surface area contributed by atoms with Gasteiger partial charge in [0.25, 0.3) is 0 Å². The van der Waals surface area contributed by atoms with E-state index in [0.717, 1.165) is 5.56 Å². The van der Waals surface area contributed by atoms with E-state index >= 15 is 0 Å². The van der Waals surface area contributed by atoms with Gasteiger partial charge < -0.3 is 0 Å². The lowest BCUT2D eigenvalue weighted by molar-refractivity contribution is 0.600. The van der Waals surface area contributed by atoms with Crippen LogP contribution in [0.25, 0.3) is 0 Å². The van der Waals surface area contributed by atoms with Crippen LogP contribution in [0.15, 0.2) is 24.3 Å².